The first kappa shape index (κ1) is 70.6. The summed E-state index contributed by atoms with van der Waals surface area (Å²) >= 11 is 12.7. The van der Waals surface area contributed by atoms with Gasteiger partial charge in [-0.05, 0) is 81.8 Å². The van der Waals surface area contributed by atoms with Crippen LogP contribution in [0.15, 0.2) is 151 Å². The van der Waals surface area contributed by atoms with E-state index in [0.29, 0.717) is 114 Å². The van der Waals surface area contributed by atoms with E-state index in [1.165, 1.54) is 24.3 Å². The molecular formula is C62H67Cl2F2N19O11. The molecule has 4 aromatic heterocycles. The molecule has 2 atom stereocenters. The maximum Gasteiger partial charge on any atom is 0.333 e. The van der Waals surface area contributed by atoms with Crippen molar-refractivity contribution in [3.63, 3.8) is 0 Å². The van der Waals surface area contributed by atoms with Crippen molar-refractivity contribution < 1.29 is 62.1 Å². The Morgan fingerprint density at radius 1 is 0.656 bits per heavy atom. The second-order valence-corrected chi connectivity index (χ2v) is 23.2. The van der Waals surface area contributed by atoms with E-state index in [4.69, 9.17) is 48.4 Å². The molecule has 2 unspecified atom stereocenters. The largest absolute Gasteiger partial charge is 0.388 e. The average molecular weight is 1360 g/mol. The third-order valence-corrected chi connectivity index (χ3v) is 15.6. The number of imide groups is 1. The van der Waals surface area contributed by atoms with Crippen LogP contribution in [0.1, 0.15) is 111 Å². The maximum absolute atomic E-state index is 13.9. The van der Waals surface area contributed by atoms with Gasteiger partial charge in [0.05, 0.1) is 56.6 Å². The van der Waals surface area contributed by atoms with Crippen LogP contribution in [0.25, 0.3) is 0 Å². The van der Waals surface area contributed by atoms with E-state index in [0.717, 1.165) is 18.6 Å². The molecule has 6 aromatic rings. The molecule has 96 heavy (non-hydrogen) atoms. The van der Waals surface area contributed by atoms with Gasteiger partial charge in [-0.15, -0.1) is 15.3 Å². The van der Waals surface area contributed by atoms with Crippen molar-refractivity contribution in [2.24, 2.45) is 36.2 Å². The number of aliphatic hydroxyl groups excluding tert-OH is 2. The summed E-state index contributed by atoms with van der Waals surface area (Å²) in [6.07, 6.45) is 13.1. The van der Waals surface area contributed by atoms with Crippen LogP contribution in [0.4, 0.5) is 8.78 Å². The van der Waals surface area contributed by atoms with Crippen LogP contribution in [0.2, 0.25) is 10.0 Å². The highest BCUT2D eigenvalue weighted by Crippen LogP contribution is 2.39. The van der Waals surface area contributed by atoms with E-state index in [9.17, 15) is 47.8 Å². The number of carbonyl (C=O) groups excluding carboxylic acids is 6. The molecule has 0 radical (unpaired) electrons. The number of halogens is 4. The number of amidine groups is 2. The standard InChI is InChI=1S/C29H31ClFN9O4.C24H25ClFN7O3.C9H11N3O4/c1-29(37-38-29)8-5-25(43)33-9-2-12-40-14-20(36-39-40)16-44-17-23-26(24(42)15-41)27(21-4-3-19(31)13-22(21)30)35-28(34-23)18-6-10-32-11-7-18;25-19-10-16(26)2-3-18(19)23-22(21(35)12-34)20(29-24(30-23)15-4-7-28-8-5-15)14-36-13-17-11-33(32-31-17)9-1-6-27;1-9(10-11-9)5-4-8(15)16-12-6(13)2-3-7(12)14/h3-4,6-7,10-11,13-14,27,41H,2,5,8-9,12,15-17H2,1H3,(H,33,43)(H,34,35);2-5,7-8,10-11,23,34H,1,6,9,12-14,27H2,(H,29,30);2-5H2,1H3. The lowest BCUT2D eigenvalue weighted by molar-refractivity contribution is -0.197. The number of pyridine rings is 2. The van der Waals surface area contributed by atoms with Gasteiger partial charge in [0, 0.05) is 120 Å². The number of benzene rings is 2. The van der Waals surface area contributed by atoms with Crippen LogP contribution in [-0.4, -0.2) is 153 Å². The van der Waals surface area contributed by atoms with Crippen molar-refractivity contribution in [3.05, 3.63) is 176 Å². The minimum absolute atomic E-state index is 0.0177. The van der Waals surface area contributed by atoms with Crippen molar-refractivity contribution in [2.75, 3.05) is 39.5 Å². The predicted octanol–water partition coefficient (Wildman–Crippen LogP) is 5.55. The molecule has 2 aromatic carbocycles. The number of amides is 3. The van der Waals surface area contributed by atoms with Gasteiger partial charge >= 0.3 is 5.97 Å². The van der Waals surface area contributed by atoms with E-state index < -0.39 is 71.9 Å². The van der Waals surface area contributed by atoms with Crippen LogP contribution >= 0.6 is 23.2 Å². The highest BCUT2D eigenvalue weighted by Gasteiger charge is 2.38. The second kappa shape index (κ2) is 33.1. The third-order valence-electron chi connectivity index (χ3n) is 14.9. The maximum atomic E-state index is 13.9. The summed E-state index contributed by atoms with van der Waals surface area (Å²) in [5.74, 6) is -2.89. The number of aryl methyl sites for hydroxylation is 2. The van der Waals surface area contributed by atoms with Crippen LogP contribution < -0.4 is 21.7 Å². The normalized spacial score (nSPS) is 17.1. The molecule has 0 saturated carbocycles. The van der Waals surface area contributed by atoms with E-state index in [-0.39, 0.29) is 78.5 Å². The number of hydrogen-bond acceptors (Lipinski definition) is 26. The van der Waals surface area contributed by atoms with Crippen LogP contribution in [0.5, 0.6) is 0 Å². The van der Waals surface area contributed by atoms with Crippen molar-refractivity contribution in [2.45, 2.75) is 115 Å². The lowest BCUT2D eigenvalue weighted by Crippen LogP contribution is -2.36. The molecule has 0 aliphatic carbocycles. The Balaban J connectivity index is 0.000000186. The minimum Gasteiger partial charge on any atom is -0.388 e. The number of ether oxygens (including phenoxy) is 2. The fourth-order valence-electron chi connectivity index (χ4n) is 9.67. The van der Waals surface area contributed by atoms with E-state index in [1.54, 1.807) is 77.7 Å². The zero-order valence-corrected chi connectivity index (χ0v) is 53.5. The van der Waals surface area contributed by atoms with Gasteiger partial charge in [0.1, 0.15) is 60.0 Å². The summed E-state index contributed by atoms with van der Waals surface area (Å²) in [4.78, 5) is 93.6. The SMILES string of the molecule is CC1(CCC(=O)NCCCn2cc(COCC3=C(C(=O)CO)C(c4ccc(F)cc4Cl)N=C(c4ccncc4)N3)nn2)N=N1.CC1(CCC(=O)ON2C(=O)CCC2=O)N=N1.NCCCn1cc(COCC2=C(C(=O)CO)C(c3ccc(F)cc3Cl)N=C(c3ccncc3)N2)nn1. The van der Waals surface area contributed by atoms with Gasteiger partial charge in [-0.2, -0.15) is 20.5 Å². The number of nitrogens with two attached hydrogens (primary N) is 1. The molecule has 9 heterocycles. The number of nitrogens with one attached hydrogen (secondary N) is 3. The summed E-state index contributed by atoms with van der Waals surface area (Å²) < 4.78 is 42.8. The van der Waals surface area contributed by atoms with Gasteiger partial charge in [-0.3, -0.25) is 53.3 Å². The molecule has 5 aliphatic heterocycles. The van der Waals surface area contributed by atoms with Crippen molar-refractivity contribution in [1.29, 1.82) is 0 Å². The molecule has 11 rings (SSSR count). The summed E-state index contributed by atoms with van der Waals surface area (Å²) in [5, 5.41) is 61.1. The summed E-state index contributed by atoms with van der Waals surface area (Å²) in [6, 6.07) is 12.9. The Bertz CT molecular complexity index is 3990. The molecule has 0 spiro atoms. The molecule has 504 valence electrons. The number of Topliss-reactive ketones (excluding diaryl/α,β-unsaturated/α-hetero) is 2. The lowest BCUT2D eigenvalue weighted by atomic mass is 9.92. The van der Waals surface area contributed by atoms with Crippen molar-refractivity contribution in [3.8, 4) is 0 Å². The Kier molecular flexibility index (Phi) is 24.4. The molecule has 0 bridgehead atoms. The molecule has 1 saturated heterocycles. The molecular weight excluding hydrogens is 1300 g/mol. The average Bonchev–Trinajstić information content (AvgIpc) is 1.28. The number of nitrogens with zero attached hydrogens (tertiary/aromatic N) is 15. The second-order valence-electron chi connectivity index (χ2n) is 22.4. The highest BCUT2D eigenvalue weighted by atomic mass is 35.5. The first-order chi connectivity index (χ1) is 46.2. The Morgan fingerprint density at radius 3 is 1.53 bits per heavy atom. The molecule has 1 fully saturated rings. The number of aromatic nitrogens is 8. The first-order valence-corrected chi connectivity index (χ1v) is 31.0. The predicted molar refractivity (Wildman–Crippen MR) is 337 cm³/mol. The van der Waals surface area contributed by atoms with Crippen molar-refractivity contribution >= 4 is 70.1 Å². The highest BCUT2D eigenvalue weighted by molar-refractivity contribution is 6.32. The molecule has 30 nitrogen and oxygen atoms in total. The summed E-state index contributed by atoms with van der Waals surface area (Å²) in [5.41, 5.74) is 9.17. The number of ketones is 2. The Labute approximate surface area is 557 Å². The Hall–Kier alpha value is -9.70. The van der Waals surface area contributed by atoms with Gasteiger partial charge in [0.15, 0.2) is 22.9 Å². The number of hydroxylamine groups is 2. The van der Waals surface area contributed by atoms with E-state index in [1.807, 2.05) is 6.92 Å². The van der Waals surface area contributed by atoms with Crippen LogP contribution in [0, 0.1) is 11.6 Å². The number of hydrogen-bond donors (Lipinski definition) is 6. The molecule has 3 amide bonds. The third kappa shape index (κ3) is 19.7. The van der Waals surface area contributed by atoms with Gasteiger partial charge < -0.3 is 46.2 Å². The van der Waals surface area contributed by atoms with Gasteiger partial charge in [-0.25, -0.2) is 13.6 Å². The number of aliphatic hydroxyl groups is 2. The number of aliphatic imine (C=N–C) groups is 2. The summed E-state index contributed by atoms with van der Waals surface area (Å²) in [6.45, 7) is 4.55. The van der Waals surface area contributed by atoms with Crippen molar-refractivity contribution in [1.82, 2.24) is 61.0 Å². The van der Waals surface area contributed by atoms with Gasteiger partial charge in [0.25, 0.3) is 11.8 Å². The van der Waals surface area contributed by atoms with E-state index >= 15 is 0 Å². The fourth-order valence-corrected chi connectivity index (χ4v) is 10.2. The number of carbonyl (C=O) groups is 6. The monoisotopic (exact) mass is 1360 g/mol. The van der Waals surface area contributed by atoms with Crippen LogP contribution in [0.3, 0.4) is 0 Å². The molecule has 7 N–H and O–H groups in total. The number of rotatable bonds is 30. The first-order valence-electron chi connectivity index (χ1n) is 30.2. The zero-order chi connectivity index (χ0) is 68.4. The minimum atomic E-state index is -0.922. The van der Waals surface area contributed by atoms with Gasteiger partial charge in [0.2, 0.25) is 5.91 Å². The lowest BCUT2D eigenvalue weighted by Gasteiger charge is -2.28. The molecule has 34 heteroatoms. The van der Waals surface area contributed by atoms with Gasteiger partial charge in [-0.1, -0.05) is 45.8 Å². The Morgan fingerprint density at radius 2 is 1.10 bits per heavy atom. The fraction of sp³-hybridized carbons (Fsp3) is 0.387. The molecule has 5 aliphatic rings. The van der Waals surface area contributed by atoms with Crippen LogP contribution in [-0.2, 0) is 69.4 Å². The summed E-state index contributed by atoms with van der Waals surface area (Å²) in [7, 11) is 0. The smallest absolute Gasteiger partial charge is 0.333 e. The topological polar surface area (TPSA) is 397 Å². The quantitative estimate of drug-likeness (QED) is 0.0238. The van der Waals surface area contributed by atoms with E-state index in [2.05, 4.69) is 71.8 Å². The zero-order valence-electron chi connectivity index (χ0n) is 52.0.